The second-order valence-corrected chi connectivity index (χ2v) is 11.4. The van der Waals surface area contributed by atoms with E-state index in [1.54, 1.807) is 6.07 Å². The lowest BCUT2D eigenvalue weighted by Crippen LogP contribution is -1.94. The molecule has 0 radical (unpaired) electrons. The zero-order chi connectivity index (χ0) is 27.9. The minimum Gasteiger partial charge on any atom is -0.206 e. The number of benzene rings is 9. The van der Waals surface area contributed by atoms with E-state index in [4.69, 9.17) is 0 Å². The molecule has 1 heteroatoms. The van der Waals surface area contributed by atoms with E-state index in [0.717, 1.165) is 16.5 Å². The van der Waals surface area contributed by atoms with Crippen molar-refractivity contribution in [3.05, 3.63) is 145 Å². The number of halogens is 1. The van der Waals surface area contributed by atoms with Gasteiger partial charge >= 0.3 is 0 Å². The molecule has 196 valence electrons. The summed E-state index contributed by atoms with van der Waals surface area (Å²) in [6, 6.07) is 47.0. The number of hydrogen-bond acceptors (Lipinski definition) is 0. The first-order valence-corrected chi connectivity index (χ1v) is 14.5. The van der Waals surface area contributed by atoms with Crippen molar-refractivity contribution in [2.24, 2.45) is 0 Å². The molecule has 0 aliphatic rings. The highest BCUT2D eigenvalue weighted by Gasteiger charge is 2.21. The number of rotatable bonds is 2. The molecular formula is C41H25F. The van der Waals surface area contributed by atoms with E-state index in [0.29, 0.717) is 5.39 Å². The van der Waals surface area contributed by atoms with Gasteiger partial charge in [-0.05, 0) is 100 Å². The summed E-state index contributed by atoms with van der Waals surface area (Å²) in [7, 11) is 0. The lowest BCUT2D eigenvalue weighted by molar-refractivity contribution is 0.640. The van der Waals surface area contributed by atoms with Gasteiger partial charge in [0.15, 0.2) is 0 Å². The van der Waals surface area contributed by atoms with Gasteiger partial charge in [-0.2, -0.15) is 0 Å². The average Bonchev–Trinajstić information content (AvgIpc) is 3.04. The summed E-state index contributed by atoms with van der Waals surface area (Å²) >= 11 is 0. The monoisotopic (exact) mass is 536 g/mol. The number of aryl methyl sites for hydroxylation is 1. The second kappa shape index (κ2) is 8.61. The Morgan fingerprint density at radius 1 is 0.357 bits per heavy atom. The molecule has 0 N–H and O–H groups in total. The molecule has 0 saturated heterocycles. The van der Waals surface area contributed by atoms with E-state index >= 15 is 0 Å². The zero-order valence-electron chi connectivity index (χ0n) is 23.1. The summed E-state index contributed by atoms with van der Waals surface area (Å²) in [6.07, 6.45) is 0. The van der Waals surface area contributed by atoms with Crippen LogP contribution in [-0.2, 0) is 0 Å². The Labute approximate surface area is 242 Å². The average molecular weight is 537 g/mol. The van der Waals surface area contributed by atoms with Gasteiger partial charge in [0.1, 0.15) is 5.82 Å². The van der Waals surface area contributed by atoms with Crippen molar-refractivity contribution < 1.29 is 4.39 Å². The predicted octanol–water partition coefficient (Wildman–Crippen LogP) is 11.8. The van der Waals surface area contributed by atoms with Crippen molar-refractivity contribution in [2.45, 2.75) is 6.92 Å². The van der Waals surface area contributed by atoms with Crippen LogP contribution in [0.1, 0.15) is 5.56 Å². The largest absolute Gasteiger partial charge is 0.206 e. The summed E-state index contributed by atoms with van der Waals surface area (Å²) < 4.78 is 14.9. The molecule has 0 saturated carbocycles. The minimum absolute atomic E-state index is 0.191. The van der Waals surface area contributed by atoms with Gasteiger partial charge in [0, 0.05) is 5.39 Å². The fraction of sp³-hybridized carbons (Fsp3) is 0.0244. The highest BCUT2D eigenvalue weighted by Crippen LogP contribution is 2.48. The number of fused-ring (bicyclic) bond motifs is 3. The molecule has 0 atom stereocenters. The highest BCUT2D eigenvalue weighted by molar-refractivity contribution is 6.30. The Kier molecular flexibility index (Phi) is 4.81. The third kappa shape index (κ3) is 3.11. The van der Waals surface area contributed by atoms with Crippen LogP contribution in [0.4, 0.5) is 4.39 Å². The molecule has 0 aromatic heterocycles. The van der Waals surface area contributed by atoms with Gasteiger partial charge in [0.05, 0.1) is 0 Å². The topological polar surface area (TPSA) is 0 Å². The van der Waals surface area contributed by atoms with Crippen molar-refractivity contribution in [3.8, 4) is 22.3 Å². The standard InChI is InChI=1S/C41H25F/c1-24-14-15-25-17-20-35-36(21-18-26-16-19-27(24)38(25)39(26)35)41-32-12-6-4-10-30(32)40(31-11-5-7-13-33(31)41)34-22-23-37(42)29-9-3-2-8-28(29)34/h2-23H,1H3. The fourth-order valence-corrected chi connectivity index (χ4v) is 7.35. The van der Waals surface area contributed by atoms with E-state index in [-0.39, 0.29) is 5.82 Å². The molecule has 42 heavy (non-hydrogen) atoms. The lowest BCUT2D eigenvalue weighted by Gasteiger charge is -2.21. The molecule has 9 aromatic rings. The molecule has 0 fully saturated rings. The van der Waals surface area contributed by atoms with Gasteiger partial charge in [-0.15, -0.1) is 0 Å². The van der Waals surface area contributed by atoms with Crippen LogP contribution >= 0.6 is 0 Å². The Morgan fingerprint density at radius 2 is 0.786 bits per heavy atom. The van der Waals surface area contributed by atoms with Crippen molar-refractivity contribution in [2.75, 3.05) is 0 Å². The molecule has 0 unspecified atom stereocenters. The maximum absolute atomic E-state index is 14.9. The molecule has 0 amide bonds. The second-order valence-electron chi connectivity index (χ2n) is 11.4. The van der Waals surface area contributed by atoms with Crippen LogP contribution in [0.3, 0.4) is 0 Å². The first-order valence-electron chi connectivity index (χ1n) is 14.5. The Balaban J connectivity index is 1.47. The van der Waals surface area contributed by atoms with E-state index in [1.165, 1.54) is 70.6 Å². The van der Waals surface area contributed by atoms with Crippen molar-refractivity contribution in [1.82, 2.24) is 0 Å². The van der Waals surface area contributed by atoms with Crippen LogP contribution in [0.15, 0.2) is 133 Å². The van der Waals surface area contributed by atoms with Crippen LogP contribution in [0.25, 0.3) is 86.9 Å². The van der Waals surface area contributed by atoms with Gasteiger partial charge in [-0.1, -0.05) is 127 Å². The van der Waals surface area contributed by atoms with Gasteiger partial charge in [0.2, 0.25) is 0 Å². The van der Waals surface area contributed by atoms with Crippen molar-refractivity contribution in [3.63, 3.8) is 0 Å². The van der Waals surface area contributed by atoms with Crippen LogP contribution in [0, 0.1) is 12.7 Å². The molecular weight excluding hydrogens is 511 g/mol. The summed E-state index contributed by atoms with van der Waals surface area (Å²) in [5.74, 6) is -0.191. The van der Waals surface area contributed by atoms with Crippen LogP contribution in [-0.4, -0.2) is 0 Å². The van der Waals surface area contributed by atoms with E-state index in [9.17, 15) is 4.39 Å². The first kappa shape index (κ1) is 23.4. The predicted molar refractivity (Wildman–Crippen MR) is 178 cm³/mol. The molecule has 0 aliphatic carbocycles. The normalized spacial score (nSPS) is 12.0. The molecule has 9 rings (SSSR count). The summed E-state index contributed by atoms with van der Waals surface area (Å²) in [5, 5.41) is 14.1. The van der Waals surface area contributed by atoms with Gasteiger partial charge in [-0.3, -0.25) is 0 Å². The van der Waals surface area contributed by atoms with Gasteiger partial charge in [-0.25, -0.2) is 4.39 Å². The third-order valence-electron chi connectivity index (χ3n) is 9.22. The van der Waals surface area contributed by atoms with E-state index in [1.807, 2.05) is 30.3 Å². The lowest BCUT2D eigenvalue weighted by atomic mass is 9.82. The number of hydrogen-bond donors (Lipinski definition) is 0. The molecule has 9 aromatic carbocycles. The van der Waals surface area contributed by atoms with Crippen LogP contribution in [0.2, 0.25) is 0 Å². The molecule has 0 bridgehead atoms. The quantitative estimate of drug-likeness (QED) is 0.152. The Morgan fingerprint density at radius 3 is 1.40 bits per heavy atom. The van der Waals surface area contributed by atoms with E-state index in [2.05, 4.69) is 104 Å². The van der Waals surface area contributed by atoms with Crippen molar-refractivity contribution >= 4 is 64.6 Å². The summed E-state index contributed by atoms with van der Waals surface area (Å²) in [5.41, 5.74) is 5.98. The van der Waals surface area contributed by atoms with E-state index < -0.39 is 0 Å². The SMILES string of the molecule is Cc1ccc2ccc3c(-c4c5ccccc5c(-c5ccc(F)c6ccccc56)c5ccccc45)ccc4ccc1c2c43. The van der Waals surface area contributed by atoms with Crippen LogP contribution in [0.5, 0.6) is 0 Å². The zero-order valence-corrected chi connectivity index (χ0v) is 23.1. The summed E-state index contributed by atoms with van der Waals surface area (Å²) in [6.45, 7) is 2.20. The minimum atomic E-state index is -0.191. The maximum atomic E-state index is 14.9. The molecule has 0 nitrogen and oxygen atoms in total. The van der Waals surface area contributed by atoms with Crippen molar-refractivity contribution in [1.29, 1.82) is 0 Å². The first-order chi connectivity index (χ1) is 20.7. The fourth-order valence-electron chi connectivity index (χ4n) is 7.35. The molecule has 0 spiro atoms. The smallest absolute Gasteiger partial charge is 0.131 e. The molecule has 0 heterocycles. The molecule has 0 aliphatic heterocycles. The van der Waals surface area contributed by atoms with Gasteiger partial charge in [0.25, 0.3) is 0 Å². The Hall–Kier alpha value is -5.27. The van der Waals surface area contributed by atoms with Crippen LogP contribution < -0.4 is 0 Å². The Bertz CT molecular complexity index is 2480. The maximum Gasteiger partial charge on any atom is 0.131 e. The van der Waals surface area contributed by atoms with Gasteiger partial charge < -0.3 is 0 Å². The highest BCUT2D eigenvalue weighted by atomic mass is 19.1. The third-order valence-corrected chi connectivity index (χ3v) is 9.22. The summed E-state index contributed by atoms with van der Waals surface area (Å²) in [4.78, 5) is 0.